The van der Waals surface area contributed by atoms with Gasteiger partial charge in [0.1, 0.15) is 0 Å². The number of carbonyl (C=O) groups is 2. The van der Waals surface area contributed by atoms with Gasteiger partial charge < -0.3 is 19.7 Å². The Labute approximate surface area is 178 Å². The summed E-state index contributed by atoms with van der Waals surface area (Å²) in [5.74, 6) is -0.390. The first kappa shape index (κ1) is 23.7. The van der Waals surface area contributed by atoms with Crippen LogP contribution in [0.15, 0.2) is 24.1 Å². The van der Waals surface area contributed by atoms with E-state index in [2.05, 4.69) is 11.9 Å². The number of nitrogens with zero attached hydrogens (tertiary/aromatic N) is 1. The molecule has 1 heterocycles. The minimum absolute atomic E-state index is 0.0654. The highest BCUT2D eigenvalue weighted by Gasteiger charge is 2.32. The van der Waals surface area contributed by atoms with E-state index in [-0.39, 0.29) is 41.4 Å². The lowest BCUT2D eigenvalue weighted by molar-refractivity contribution is -0.115. The average molecular weight is 439 g/mol. The van der Waals surface area contributed by atoms with Gasteiger partial charge in [-0.3, -0.25) is 9.59 Å². The molecule has 0 saturated carbocycles. The first-order chi connectivity index (χ1) is 14.1. The smallest absolute Gasteiger partial charge is 0.256 e. The number of nitrogens with one attached hydrogen (secondary N) is 1. The Hall–Kier alpha value is -2.55. The van der Waals surface area contributed by atoms with Gasteiger partial charge in [0, 0.05) is 30.0 Å². The second-order valence-electron chi connectivity index (χ2n) is 7.43. The van der Waals surface area contributed by atoms with Crippen LogP contribution in [0.5, 0.6) is 11.5 Å². The lowest BCUT2D eigenvalue weighted by Gasteiger charge is -2.39. The first-order valence-electron chi connectivity index (χ1n) is 9.87. The van der Waals surface area contributed by atoms with Crippen LogP contribution < -0.4 is 14.8 Å². The number of likely N-dealkylation sites (tertiary alicyclic amines) is 1. The van der Waals surface area contributed by atoms with Gasteiger partial charge in [-0.25, -0.2) is 8.42 Å². The molecular weight excluding hydrogens is 408 g/mol. The molecule has 1 aromatic rings. The Bertz CT molecular complexity index is 902. The molecule has 1 aromatic carbocycles. The van der Waals surface area contributed by atoms with Gasteiger partial charge in [0.15, 0.2) is 21.3 Å². The van der Waals surface area contributed by atoms with Crippen molar-refractivity contribution in [3.05, 3.63) is 29.7 Å². The number of ether oxygens (including phenoxy) is 2. The summed E-state index contributed by atoms with van der Waals surface area (Å²) >= 11 is 0. The second-order valence-corrected chi connectivity index (χ2v) is 9.49. The summed E-state index contributed by atoms with van der Waals surface area (Å²) < 4.78 is 33.8. The number of sulfone groups is 1. The molecule has 2 amide bonds. The number of amides is 2. The third-order valence-electron chi connectivity index (χ3n) is 5.32. The third kappa shape index (κ3) is 5.53. The lowest BCUT2D eigenvalue weighted by atomic mass is 9.96. The second kappa shape index (κ2) is 9.97. The average Bonchev–Trinajstić information content (AvgIpc) is 2.71. The molecule has 2 rings (SSSR count). The summed E-state index contributed by atoms with van der Waals surface area (Å²) in [7, 11) is -0.582. The number of anilines is 1. The summed E-state index contributed by atoms with van der Waals surface area (Å²) in [5, 5.41) is 3.49. The Morgan fingerprint density at radius 1 is 1.17 bits per heavy atom. The molecule has 9 heteroatoms. The summed E-state index contributed by atoms with van der Waals surface area (Å²) in [6.45, 7) is 7.25. The van der Waals surface area contributed by atoms with Crippen LogP contribution in [-0.2, 0) is 14.6 Å². The van der Waals surface area contributed by atoms with Crippen LogP contribution in [0, 0.1) is 0 Å². The van der Waals surface area contributed by atoms with Crippen molar-refractivity contribution < 1.29 is 27.5 Å². The van der Waals surface area contributed by atoms with Gasteiger partial charge >= 0.3 is 0 Å². The number of hydrogen-bond donors (Lipinski definition) is 1. The number of methoxy groups -OCH3 is 2. The molecule has 1 N–H and O–H groups in total. The quantitative estimate of drug-likeness (QED) is 0.669. The largest absolute Gasteiger partial charge is 0.493 e. The van der Waals surface area contributed by atoms with Gasteiger partial charge in [-0.15, -0.1) is 0 Å². The fraction of sp³-hybridized carbons (Fsp3) is 0.524. The van der Waals surface area contributed by atoms with Crippen LogP contribution in [-0.4, -0.2) is 57.2 Å². The SMILES string of the molecule is C=CS(=O)(=O)CCC(=O)Nc1cc(OC)c(OC)cc1C(=O)N1C(C)CCCC1C. The minimum Gasteiger partial charge on any atom is -0.493 e. The summed E-state index contributed by atoms with van der Waals surface area (Å²) in [5.41, 5.74) is 0.525. The van der Waals surface area contributed by atoms with E-state index in [1.807, 2.05) is 18.7 Å². The Morgan fingerprint density at radius 3 is 2.27 bits per heavy atom. The number of hydrogen-bond acceptors (Lipinski definition) is 6. The number of piperidine rings is 1. The molecule has 30 heavy (non-hydrogen) atoms. The molecule has 0 bridgehead atoms. The van der Waals surface area contributed by atoms with Crippen molar-refractivity contribution in [3.63, 3.8) is 0 Å². The van der Waals surface area contributed by atoms with Gasteiger partial charge in [-0.05, 0) is 39.2 Å². The Balaban J connectivity index is 2.39. The topological polar surface area (TPSA) is 102 Å². The van der Waals surface area contributed by atoms with Gasteiger partial charge in [0.05, 0.1) is 31.2 Å². The molecule has 1 aliphatic heterocycles. The van der Waals surface area contributed by atoms with E-state index in [0.29, 0.717) is 11.5 Å². The normalized spacial score (nSPS) is 19.1. The van der Waals surface area contributed by atoms with E-state index >= 15 is 0 Å². The molecule has 166 valence electrons. The predicted octanol–water partition coefficient (Wildman–Crippen LogP) is 2.99. The Morgan fingerprint density at radius 2 is 1.73 bits per heavy atom. The molecule has 0 radical (unpaired) electrons. The number of carbonyl (C=O) groups excluding carboxylic acids is 2. The van der Waals surface area contributed by atoms with Gasteiger partial charge in [0.25, 0.3) is 5.91 Å². The Kier molecular flexibility index (Phi) is 7.89. The van der Waals surface area contributed by atoms with E-state index in [4.69, 9.17) is 9.47 Å². The van der Waals surface area contributed by atoms with Crippen LogP contribution in [0.3, 0.4) is 0 Å². The van der Waals surface area contributed by atoms with Crippen molar-refractivity contribution in [2.24, 2.45) is 0 Å². The van der Waals surface area contributed by atoms with Crippen molar-refractivity contribution in [1.82, 2.24) is 4.90 Å². The first-order valence-corrected chi connectivity index (χ1v) is 11.6. The summed E-state index contributed by atoms with van der Waals surface area (Å²) in [4.78, 5) is 27.6. The van der Waals surface area contributed by atoms with Crippen molar-refractivity contribution in [2.45, 2.75) is 51.6 Å². The fourth-order valence-electron chi connectivity index (χ4n) is 3.65. The van der Waals surface area contributed by atoms with Crippen molar-refractivity contribution in [3.8, 4) is 11.5 Å². The highest BCUT2D eigenvalue weighted by molar-refractivity contribution is 7.94. The van der Waals surface area contributed by atoms with E-state index in [1.165, 1.54) is 20.3 Å². The number of rotatable bonds is 8. The zero-order chi connectivity index (χ0) is 22.5. The van der Waals surface area contributed by atoms with Crippen molar-refractivity contribution in [2.75, 3.05) is 25.3 Å². The molecule has 1 saturated heterocycles. The van der Waals surface area contributed by atoms with Gasteiger partial charge in [-0.1, -0.05) is 6.58 Å². The number of benzene rings is 1. The van der Waals surface area contributed by atoms with Crippen LogP contribution >= 0.6 is 0 Å². The zero-order valence-electron chi connectivity index (χ0n) is 17.9. The van der Waals surface area contributed by atoms with Crippen molar-refractivity contribution in [1.29, 1.82) is 0 Å². The van der Waals surface area contributed by atoms with Crippen LogP contribution in [0.25, 0.3) is 0 Å². The van der Waals surface area contributed by atoms with E-state index < -0.39 is 15.7 Å². The summed E-state index contributed by atoms with van der Waals surface area (Å²) in [6, 6.07) is 3.20. The van der Waals surface area contributed by atoms with E-state index in [1.54, 1.807) is 6.07 Å². The molecule has 0 spiro atoms. The van der Waals surface area contributed by atoms with E-state index in [0.717, 1.165) is 24.7 Å². The molecule has 0 aliphatic carbocycles. The monoisotopic (exact) mass is 438 g/mol. The van der Waals surface area contributed by atoms with Gasteiger partial charge in [-0.2, -0.15) is 0 Å². The molecule has 8 nitrogen and oxygen atoms in total. The van der Waals surface area contributed by atoms with Crippen LogP contribution in [0.2, 0.25) is 0 Å². The minimum atomic E-state index is -3.51. The lowest BCUT2D eigenvalue weighted by Crippen LogP contribution is -2.47. The third-order valence-corrected chi connectivity index (χ3v) is 6.60. The highest BCUT2D eigenvalue weighted by atomic mass is 32.2. The maximum Gasteiger partial charge on any atom is 0.256 e. The molecule has 0 aromatic heterocycles. The van der Waals surface area contributed by atoms with Gasteiger partial charge in [0.2, 0.25) is 5.91 Å². The maximum atomic E-state index is 13.4. The van der Waals surface area contributed by atoms with Crippen LogP contribution in [0.4, 0.5) is 5.69 Å². The van der Waals surface area contributed by atoms with E-state index in [9.17, 15) is 18.0 Å². The molecule has 1 aliphatic rings. The standard InChI is InChI=1S/C21H30N2O6S/c1-6-30(26,27)11-10-20(24)22-17-13-19(29-5)18(28-4)12-16(17)21(25)23-14(2)8-7-9-15(23)3/h6,12-15H,1,7-11H2,2-5H3,(H,22,24). The fourth-order valence-corrected chi connectivity index (χ4v) is 4.29. The molecule has 2 unspecified atom stereocenters. The maximum absolute atomic E-state index is 13.4. The zero-order valence-corrected chi connectivity index (χ0v) is 18.8. The summed E-state index contributed by atoms with van der Waals surface area (Å²) in [6.07, 6.45) is 2.61. The highest BCUT2D eigenvalue weighted by Crippen LogP contribution is 2.35. The molecule has 1 fully saturated rings. The molecular formula is C21H30N2O6S. The van der Waals surface area contributed by atoms with Crippen LogP contribution in [0.1, 0.15) is 49.9 Å². The van der Waals surface area contributed by atoms with Crippen molar-refractivity contribution >= 4 is 27.3 Å². The molecule has 2 atom stereocenters. The predicted molar refractivity (Wildman–Crippen MR) is 116 cm³/mol.